The highest BCUT2D eigenvalue weighted by molar-refractivity contribution is 6.40. The summed E-state index contributed by atoms with van der Waals surface area (Å²) in [6.45, 7) is 5.15. The maximum absolute atomic E-state index is 13.2. The number of carboxylic acid groups (broad SMARTS) is 2. The number of anilines is 1. The molecule has 0 unspecified atom stereocenters. The molecule has 2 aromatic rings. The molecule has 2 aromatic carbocycles. The molecule has 0 heterocycles. The highest BCUT2D eigenvalue weighted by atomic mass is 35.5. The lowest BCUT2D eigenvalue weighted by Gasteiger charge is -2.39. The van der Waals surface area contributed by atoms with Crippen molar-refractivity contribution < 1.29 is 29.4 Å². The third-order valence-electron chi connectivity index (χ3n) is 7.47. The molecule has 4 N–H and O–H groups in total. The molecule has 1 aliphatic rings. The maximum atomic E-state index is 13.2. The zero-order chi connectivity index (χ0) is 26.8. The van der Waals surface area contributed by atoms with Crippen molar-refractivity contribution >= 4 is 52.6 Å². The second kappa shape index (κ2) is 10.5. The Hall–Kier alpha value is -3.10. The quantitative estimate of drug-likeness (QED) is 0.381. The number of halogens is 2. The number of hydrogen-bond donors (Lipinski definition) is 4. The predicted molar refractivity (Wildman–Crippen MR) is 136 cm³/mol. The lowest BCUT2D eigenvalue weighted by atomic mass is 9.65. The summed E-state index contributed by atoms with van der Waals surface area (Å²) in [5, 5.41) is 25.0. The third-order valence-corrected chi connectivity index (χ3v) is 8.10. The van der Waals surface area contributed by atoms with Crippen molar-refractivity contribution in [2.45, 2.75) is 46.1 Å². The average molecular weight is 535 g/mol. The molecule has 3 atom stereocenters. The van der Waals surface area contributed by atoms with Crippen LogP contribution in [0.5, 0.6) is 0 Å². The molecule has 1 fully saturated rings. The Labute approximate surface area is 219 Å². The summed E-state index contributed by atoms with van der Waals surface area (Å²) >= 11 is 12.2. The van der Waals surface area contributed by atoms with Crippen molar-refractivity contribution in [1.29, 1.82) is 0 Å². The van der Waals surface area contributed by atoms with E-state index in [-0.39, 0.29) is 22.0 Å². The minimum absolute atomic E-state index is 0.00447. The topological polar surface area (TPSA) is 133 Å². The first-order valence-electron chi connectivity index (χ1n) is 11.4. The van der Waals surface area contributed by atoms with E-state index in [1.165, 1.54) is 0 Å². The Bertz CT molecular complexity index is 1180. The van der Waals surface area contributed by atoms with Crippen molar-refractivity contribution in [2.75, 3.05) is 5.32 Å². The van der Waals surface area contributed by atoms with Crippen molar-refractivity contribution in [3.05, 3.63) is 63.6 Å². The van der Waals surface area contributed by atoms with Crippen LogP contribution in [0.2, 0.25) is 10.0 Å². The number of carbonyl (C=O) groups excluding carboxylic acids is 2. The van der Waals surface area contributed by atoms with Gasteiger partial charge in [0.05, 0.1) is 26.9 Å². The van der Waals surface area contributed by atoms with Crippen molar-refractivity contribution in [3.63, 3.8) is 0 Å². The molecule has 2 amide bonds. The van der Waals surface area contributed by atoms with E-state index in [1.807, 2.05) is 0 Å². The van der Waals surface area contributed by atoms with Gasteiger partial charge in [0.25, 0.3) is 5.91 Å². The smallest absolute Gasteiger partial charge is 0.326 e. The van der Waals surface area contributed by atoms with E-state index in [0.717, 1.165) is 0 Å². The number of aliphatic carboxylic acids is 2. The maximum Gasteiger partial charge on any atom is 0.326 e. The number of benzene rings is 2. The van der Waals surface area contributed by atoms with Crippen molar-refractivity contribution in [2.24, 2.45) is 16.7 Å². The molecule has 1 aliphatic carbocycles. The van der Waals surface area contributed by atoms with E-state index in [2.05, 4.69) is 10.6 Å². The molecule has 36 heavy (non-hydrogen) atoms. The van der Waals surface area contributed by atoms with Crippen molar-refractivity contribution in [3.8, 4) is 0 Å². The number of nitrogens with one attached hydrogen (secondary N) is 2. The summed E-state index contributed by atoms with van der Waals surface area (Å²) in [6, 6.07) is 10.0. The van der Waals surface area contributed by atoms with Crippen LogP contribution in [0.25, 0.3) is 0 Å². The summed E-state index contributed by atoms with van der Waals surface area (Å²) in [7, 11) is 0. The first kappa shape index (κ1) is 27.5. The molecule has 0 spiro atoms. The standard InChI is InChI=1S/C26H28Cl2N2O6/c1-25(2)16(22(32)33)11-12-26(25,3)24(36)30-19(23(34)35)13-14-7-9-15(10-8-14)29-21(31)20-17(27)5-4-6-18(20)28/h4-10,16,19H,11-13H2,1-3H3,(H,29,31)(H,30,36)(H,32,33)(H,34,35)/t16-,19-,26-/m0/s1. The van der Waals surface area contributed by atoms with Gasteiger partial charge in [-0.25, -0.2) is 4.79 Å². The predicted octanol–water partition coefficient (Wildman–Crippen LogP) is 4.88. The summed E-state index contributed by atoms with van der Waals surface area (Å²) in [5.41, 5.74) is -0.660. The van der Waals surface area contributed by atoms with Gasteiger partial charge >= 0.3 is 11.9 Å². The summed E-state index contributed by atoms with van der Waals surface area (Å²) in [6.07, 6.45) is 0.695. The normalized spacial score (nSPS) is 21.4. The largest absolute Gasteiger partial charge is 0.481 e. The zero-order valence-electron chi connectivity index (χ0n) is 20.1. The van der Waals surface area contributed by atoms with Crippen LogP contribution in [-0.2, 0) is 20.8 Å². The van der Waals surface area contributed by atoms with Crippen molar-refractivity contribution in [1.82, 2.24) is 5.32 Å². The Morgan fingerprint density at radius 2 is 1.58 bits per heavy atom. The number of rotatable bonds is 8. The lowest BCUT2D eigenvalue weighted by molar-refractivity contribution is -0.151. The van der Waals surface area contributed by atoms with Gasteiger partial charge in [-0.1, -0.05) is 62.2 Å². The molecule has 0 saturated heterocycles. The highest BCUT2D eigenvalue weighted by Crippen LogP contribution is 2.56. The minimum Gasteiger partial charge on any atom is -0.481 e. The summed E-state index contributed by atoms with van der Waals surface area (Å²) < 4.78 is 0. The van der Waals surface area contributed by atoms with E-state index < -0.39 is 46.5 Å². The van der Waals surface area contributed by atoms with Gasteiger partial charge in [0.15, 0.2) is 0 Å². The molecular formula is C26H28Cl2N2O6. The van der Waals surface area contributed by atoms with Gasteiger partial charge in [0.2, 0.25) is 5.91 Å². The average Bonchev–Trinajstić information content (AvgIpc) is 3.04. The van der Waals surface area contributed by atoms with Gasteiger partial charge < -0.3 is 20.8 Å². The molecule has 0 aliphatic heterocycles. The Balaban J connectivity index is 1.70. The number of hydrogen-bond acceptors (Lipinski definition) is 4. The highest BCUT2D eigenvalue weighted by Gasteiger charge is 2.58. The van der Waals surface area contributed by atoms with Crippen LogP contribution in [0, 0.1) is 16.7 Å². The van der Waals surface area contributed by atoms with E-state index >= 15 is 0 Å². The Morgan fingerprint density at radius 3 is 2.08 bits per heavy atom. The summed E-state index contributed by atoms with van der Waals surface area (Å²) in [4.78, 5) is 49.3. The minimum atomic E-state index is -1.21. The first-order valence-corrected chi connectivity index (χ1v) is 12.1. The second-order valence-electron chi connectivity index (χ2n) is 9.80. The van der Waals surface area contributed by atoms with E-state index in [9.17, 15) is 29.4 Å². The number of carbonyl (C=O) groups is 4. The van der Waals surface area contributed by atoms with Gasteiger partial charge in [-0.3, -0.25) is 14.4 Å². The van der Waals surface area contributed by atoms with E-state index in [4.69, 9.17) is 23.2 Å². The molecule has 0 radical (unpaired) electrons. The number of carboxylic acids is 2. The monoisotopic (exact) mass is 534 g/mol. The van der Waals surface area contributed by atoms with Gasteiger partial charge in [0.1, 0.15) is 6.04 Å². The zero-order valence-corrected chi connectivity index (χ0v) is 21.6. The van der Waals surface area contributed by atoms with Crippen LogP contribution >= 0.6 is 23.2 Å². The fraction of sp³-hybridized carbons (Fsp3) is 0.385. The molecule has 3 rings (SSSR count). The van der Waals surface area contributed by atoms with Crippen LogP contribution in [-0.4, -0.2) is 40.0 Å². The summed E-state index contributed by atoms with van der Waals surface area (Å²) in [5.74, 6) is -3.83. The fourth-order valence-corrected chi connectivity index (χ4v) is 5.29. The van der Waals surface area contributed by atoms with Crippen LogP contribution in [0.15, 0.2) is 42.5 Å². The lowest BCUT2D eigenvalue weighted by Crippen LogP contribution is -2.53. The van der Waals surface area contributed by atoms with E-state index in [1.54, 1.807) is 63.2 Å². The van der Waals surface area contributed by atoms with Crippen LogP contribution in [0.1, 0.15) is 49.5 Å². The van der Waals surface area contributed by atoms with Gasteiger partial charge in [0, 0.05) is 12.1 Å². The van der Waals surface area contributed by atoms with Crippen LogP contribution in [0.4, 0.5) is 5.69 Å². The molecule has 8 nitrogen and oxygen atoms in total. The molecular weight excluding hydrogens is 507 g/mol. The Morgan fingerprint density at radius 1 is 1.00 bits per heavy atom. The van der Waals surface area contributed by atoms with Gasteiger partial charge in [-0.2, -0.15) is 0 Å². The molecule has 0 bridgehead atoms. The Kier molecular flexibility index (Phi) is 8.00. The fourth-order valence-electron chi connectivity index (χ4n) is 4.72. The van der Waals surface area contributed by atoms with Crippen LogP contribution < -0.4 is 10.6 Å². The second-order valence-corrected chi connectivity index (χ2v) is 10.6. The third kappa shape index (κ3) is 5.34. The number of amides is 2. The molecule has 0 aromatic heterocycles. The molecule has 10 heteroatoms. The van der Waals surface area contributed by atoms with Gasteiger partial charge in [-0.05, 0) is 48.1 Å². The van der Waals surface area contributed by atoms with E-state index in [0.29, 0.717) is 24.1 Å². The molecule has 1 saturated carbocycles. The SMILES string of the molecule is CC1(C)[C@H](C(=O)O)CC[C@@]1(C)C(=O)N[C@@H](Cc1ccc(NC(=O)c2c(Cl)cccc2Cl)cc1)C(=O)O. The molecule has 192 valence electrons. The van der Waals surface area contributed by atoms with Crippen LogP contribution in [0.3, 0.4) is 0 Å². The first-order chi connectivity index (χ1) is 16.8. The van der Waals surface area contributed by atoms with Gasteiger partial charge in [-0.15, -0.1) is 0 Å².